The second-order valence-electron chi connectivity index (χ2n) is 6.36. The summed E-state index contributed by atoms with van der Waals surface area (Å²) in [5.74, 6) is 0.536. The van der Waals surface area contributed by atoms with E-state index in [1.54, 1.807) is 0 Å². The molecule has 2 heteroatoms. The molecule has 1 unspecified atom stereocenters. The van der Waals surface area contributed by atoms with Crippen LogP contribution in [0.5, 0.6) is 0 Å². The lowest BCUT2D eigenvalue weighted by Gasteiger charge is -2.19. The number of hydrogen-bond acceptors (Lipinski definition) is 2. The Kier molecular flexibility index (Phi) is 4.12. The van der Waals surface area contributed by atoms with E-state index >= 15 is 0 Å². The van der Waals surface area contributed by atoms with Crippen LogP contribution in [0.1, 0.15) is 36.8 Å². The van der Waals surface area contributed by atoms with Gasteiger partial charge in [-0.05, 0) is 29.4 Å². The number of aliphatic hydroxyl groups is 1. The summed E-state index contributed by atoms with van der Waals surface area (Å²) in [6.45, 7) is 2.18. The normalized spacial score (nSPS) is 24.7. The van der Waals surface area contributed by atoms with Crippen molar-refractivity contribution < 1.29 is 9.90 Å². The fraction of sp³-hybridized carbons (Fsp3) is 0.350. The van der Waals surface area contributed by atoms with Crippen LogP contribution in [0, 0.1) is 5.92 Å². The summed E-state index contributed by atoms with van der Waals surface area (Å²) in [5.41, 5.74) is 1.79. The second kappa shape index (κ2) is 6.05. The Bertz CT molecular complexity index is 635. The Morgan fingerprint density at radius 1 is 1.14 bits per heavy atom. The van der Waals surface area contributed by atoms with Crippen molar-refractivity contribution in [2.75, 3.05) is 6.61 Å². The number of benzene rings is 2. The first kappa shape index (κ1) is 15.0. The smallest absolute Gasteiger partial charge is 0.144 e. The predicted octanol–water partition coefficient (Wildman–Crippen LogP) is 3.70. The van der Waals surface area contributed by atoms with Crippen molar-refractivity contribution in [1.29, 1.82) is 0 Å². The summed E-state index contributed by atoms with van der Waals surface area (Å²) >= 11 is 0. The van der Waals surface area contributed by atoms with Crippen molar-refractivity contribution in [3.05, 3.63) is 71.8 Å². The van der Waals surface area contributed by atoms with Gasteiger partial charge in [0.1, 0.15) is 5.78 Å². The van der Waals surface area contributed by atoms with Crippen molar-refractivity contribution >= 4 is 5.78 Å². The number of hydrogen-bond donors (Lipinski definition) is 1. The lowest BCUT2D eigenvalue weighted by atomic mass is 9.83. The summed E-state index contributed by atoms with van der Waals surface area (Å²) < 4.78 is 0. The summed E-state index contributed by atoms with van der Waals surface area (Å²) in [4.78, 5) is 13.0. The van der Waals surface area contributed by atoms with Gasteiger partial charge in [0.05, 0.1) is 5.41 Å². The summed E-state index contributed by atoms with van der Waals surface area (Å²) in [5, 5.41) is 9.55. The number of carbonyl (C=O) groups excluding carboxylic acids is 1. The molecule has 0 aromatic heterocycles. The predicted molar refractivity (Wildman–Crippen MR) is 87.8 cm³/mol. The summed E-state index contributed by atoms with van der Waals surface area (Å²) in [6.07, 6.45) is 1.29. The van der Waals surface area contributed by atoms with Crippen molar-refractivity contribution in [3.8, 4) is 0 Å². The Morgan fingerprint density at radius 2 is 1.73 bits per heavy atom. The molecule has 0 amide bonds. The van der Waals surface area contributed by atoms with Gasteiger partial charge in [-0.1, -0.05) is 67.6 Å². The van der Waals surface area contributed by atoms with Gasteiger partial charge in [0, 0.05) is 13.0 Å². The molecule has 1 N–H and O–H groups in total. The quantitative estimate of drug-likeness (QED) is 0.882. The molecule has 0 saturated heterocycles. The van der Waals surface area contributed by atoms with E-state index in [2.05, 4.69) is 19.1 Å². The Morgan fingerprint density at radius 3 is 2.27 bits per heavy atom. The molecule has 114 valence electrons. The van der Waals surface area contributed by atoms with Crippen molar-refractivity contribution in [2.24, 2.45) is 5.92 Å². The zero-order valence-electron chi connectivity index (χ0n) is 12.9. The fourth-order valence-electron chi connectivity index (χ4n) is 3.50. The molecule has 1 aliphatic rings. The van der Waals surface area contributed by atoms with Gasteiger partial charge in [0.2, 0.25) is 0 Å². The van der Waals surface area contributed by atoms with Gasteiger partial charge in [-0.2, -0.15) is 0 Å². The lowest BCUT2D eigenvalue weighted by molar-refractivity contribution is -0.122. The van der Waals surface area contributed by atoms with Crippen LogP contribution in [0.25, 0.3) is 0 Å². The maximum atomic E-state index is 13.0. The van der Waals surface area contributed by atoms with Gasteiger partial charge in [-0.3, -0.25) is 4.79 Å². The third-order valence-corrected chi connectivity index (χ3v) is 4.97. The highest BCUT2D eigenvalue weighted by molar-refractivity contribution is 5.94. The number of Topliss-reactive ketones (excluding diaryl/α,β-unsaturated/α-hetero) is 1. The van der Waals surface area contributed by atoms with Crippen molar-refractivity contribution in [3.63, 3.8) is 0 Å². The number of aliphatic hydroxyl groups excluding tert-OH is 1. The molecule has 0 spiro atoms. The third-order valence-electron chi connectivity index (χ3n) is 4.97. The minimum Gasteiger partial charge on any atom is -0.396 e. The first-order valence-corrected chi connectivity index (χ1v) is 7.93. The van der Waals surface area contributed by atoms with E-state index < -0.39 is 5.41 Å². The van der Waals surface area contributed by atoms with Gasteiger partial charge in [0.25, 0.3) is 0 Å². The molecule has 2 aromatic carbocycles. The largest absolute Gasteiger partial charge is 0.396 e. The fourth-order valence-corrected chi connectivity index (χ4v) is 3.50. The van der Waals surface area contributed by atoms with Gasteiger partial charge < -0.3 is 5.11 Å². The minimum absolute atomic E-state index is 0.0744. The van der Waals surface area contributed by atoms with Crippen LogP contribution in [-0.4, -0.2) is 17.5 Å². The van der Waals surface area contributed by atoms with Crippen LogP contribution >= 0.6 is 0 Å². The Labute approximate surface area is 131 Å². The SMILES string of the molecule is CC(CC(=O)[C@]1(c2ccccc2)C[C@@H]1CO)c1ccccc1. The molecule has 3 rings (SSSR count). The highest BCUT2D eigenvalue weighted by Crippen LogP contribution is 2.55. The van der Waals surface area contributed by atoms with Crippen LogP contribution in [0.15, 0.2) is 60.7 Å². The maximum absolute atomic E-state index is 13.0. The zero-order chi connectivity index (χ0) is 15.6. The van der Waals surface area contributed by atoms with E-state index in [0.717, 1.165) is 12.0 Å². The number of rotatable bonds is 6. The molecule has 3 atom stereocenters. The highest BCUT2D eigenvalue weighted by atomic mass is 16.3. The lowest BCUT2D eigenvalue weighted by Crippen LogP contribution is -2.25. The molecule has 22 heavy (non-hydrogen) atoms. The molecular weight excluding hydrogens is 272 g/mol. The van der Waals surface area contributed by atoms with Crippen molar-refractivity contribution in [1.82, 2.24) is 0 Å². The van der Waals surface area contributed by atoms with E-state index in [1.807, 2.05) is 48.5 Å². The van der Waals surface area contributed by atoms with Crippen LogP contribution in [0.4, 0.5) is 0 Å². The minimum atomic E-state index is -0.459. The Balaban J connectivity index is 1.81. The van der Waals surface area contributed by atoms with E-state index in [4.69, 9.17) is 0 Å². The molecule has 0 aliphatic heterocycles. The van der Waals surface area contributed by atoms with E-state index in [9.17, 15) is 9.90 Å². The summed E-state index contributed by atoms with van der Waals surface area (Å²) in [7, 11) is 0. The average molecular weight is 294 g/mol. The van der Waals surface area contributed by atoms with Gasteiger partial charge in [-0.15, -0.1) is 0 Å². The average Bonchev–Trinajstić information content (AvgIpc) is 3.32. The van der Waals surface area contributed by atoms with Crippen molar-refractivity contribution in [2.45, 2.75) is 31.1 Å². The Hall–Kier alpha value is -1.93. The molecule has 2 aromatic rings. The molecule has 1 saturated carbocycles. The first-order chi connectivity index (χ1) is 10.7. The topological polar surface area (TPSA) is 37.3 Å². The zero-order valence-corrected chi connectivity index (χ0v) is 12.9. The monoisotopic (exact) mass is 294 g/mol. The van der Waals surface area contributed by atoms with Crippen LogP contribution in [-0.2, 0) is 10.2 Å². The molecule has 1 aliphatic carbocycles. The highest BCUT2D eigenvalue weighted by Gasteiger charge is 2.59. The molecule has 0 heterocycles. The summed E-state index contributed by atoms with van der Waals surface area (Å²) in [6, 6.07) is 20.1. The van der Waals surface area contributed by atoms with E-state index in [1.165, 1.54) is 5.56 Å². The maximum Gasteiger partial charge on any atom is 0.144 e. The van der Waals surface area contributed by atoms with Crippen LogP contribution < -0.4 is 0 Å². The number of carbonyl (C=O) groups is 1. The van der Waals surface area contributed by atoms with E-state index in [-0.39, 0.29) is 24.2 Å². The second-order valence-corrected chi connectivity index (χ2v) is 6.36. The van der Waals surface area contributed by atoms with Gasteiger partial charge in [-0.25, -0.2) is 0 Å². The van der Waals surface area contributed by atoms with Gasteiger partial charge in [0.15, 0.2) is 0 Å². The van der Waals surface area contributed by atoms with Crippen LogP contribution in [0.2, 0.25) is 0 Å². The first-order valence-electron chi connectivity index (χ1n) is 7.93. The molecule has 2 nitrogen and oxygen atoms in total. The van der Waals surface area contributed by atoms with Gasteiger partial charge >= 0.3 is 0 Å². The van der Waals surface area contributed by atoms with Crippen LogP contribution in [0.3, 0.4) is 0 Å². The third kappa shape index (κ3) is 2.59. The molecule has 0 bridgehead atoms. The molecule has 1 fully saturated rings. The number of ketones is 1. The molecule has 0 radical (unpaired) electrons. The van der Waals surface area contributed by atoms with E-state index in [0.29, 0.717) is 6.42 Å². The molecular formula is C20H22O2. The standard InChI is InChI=1S/C20H22O2/c1-15(16-8-4-2-5-9-16)12-19(22)20(13-18(20)14-21)17-10-6-3-7-11-17/h2-11,15,18,21H,12-14H2,1H3/t15?,18-,20+/m1/s1.